The zero-order valence-corrected chi connectivity index (χ0v) is 21.6. The van der Waals surface area contributed by atoms with Gasteiger partial charge < -0.3 is 24.4 Å². The molecule has 1 unspecified atom stereocenters. The van der Waals surface area contributed by atoms with Crippen molar-refractivity contribution in [2.45, 2.75) is 76.1 Å². The van der Waals surface area contributed by atoms with Crippen molar-refractivity contribution in [2.24, 2.45) is 0 Å². The van der Waals surface area contributed by atoms with Gasteiger partial charge >= 0.3 is 25.3 Å². The van der Waals surface area contributed by atoms with Crippen LogP contribution in [0.1, 0.15) is 40.8 Å². The van der Waals surface area contributed by atoms with Gasteiger partial charge in [-0.15, -0.1) is 0 Å². The van der Waals surface area contributed by atoms with Gasteiger partial charge in [0.1, 0.15) is 17.7 Å². The van der Waals surface area contributed by atoms with Crippen molar-refractivity contribution in [3.8, 4) is 0 Å². The molecule has 1 aromatic heterocycles. The number of alkyl halides is 1. The van der Waals surface area contributed by atoms with Gasteiger partial charge in [-0.1, -0.05) is 0 Å². The predicted octanol–water partition coefficient (Wildman–Crippen LogP) is -1.20. The van der Waals surface area contributed by atoms with E-state index in [2.05, 4.69) is 10.2 Å². The Morgan fingerprint density at radius 1 is 1.19 bits per heavy atom. The third kappa shape index (κ3) is 4.90. The van der Waals surface area contributed by atoms with E-state index < -0.39 is 72.3 Å². The Balaban J connectivity index is 1.90. The van der Waals surface area contributed by atoms with Gasteiger partial charge in [0.25, 0.3) is 11.4 Å². The first-order valence-electron chi connectivity index (χ1n) is 11.4. The van der Waals surface area contributed by atoms with Crippen LogP contribution >= 0.6 is 7.67 Å². The summed E-state index contributed by atoms with van der Waals surface area (Å²) in [6.45, 7) is 6.57. The molecule has 37 heavy (non-hydrogen) atoms. The lowest BCUT2D eigenvalue weighted by atomic mass is 9.95. The van der Waals surface area contributed by atoms with Crippen LogP contribution in [0.3, 0.4) is 0 Å². The molecule has 0 bridgehead atoms. The summed E-state index contributed by atoms with van der Waals surface area (Å²) < 4.78 is 50.4. The highest BCUT2D eigenvalue weighted by molar-refractivity contribution is 7.54. The van der Waals surface area contributed by atoms with E-state index in [9.17, 15) is 34.0 Å². The van der Waals surface area contributed by atoms with E-state index in [1.54, 1.807) is 13.8 Å². The molecule has 7 atom stereocenters. The van der Waals surface area contributed by atoms with Gasteiger partial charge in [-0.3, -0.25) is 33.0 Å². The smallest absolute Gasteiger partial charge is 0.342 e. The Morgan fingerprint density at radius 2 is 1.70 bits per heavy atom. The van der Waals surface area contributed by atoms with Gasteiger partial charge in [-0.05, 0) is 34.6 Å². The van der Waals surface area contributed by atoms with E-state index in [-0.39, 0.29) is 13.2 Å². The van der Waals surface area contributed by atoms with Crippen LogP contribution in [-0.2, 0) is 32.9 Å². The molecule has 2 fully saturated rings. The Kier molecular flexibility index (Phi) is 7.88. The standard InChI is InChI=1S/C20H30FN4O11P/c1-6-33-13(27)10(3)23-37(32,24-11(4)14(28)34-7-2)36-15-19(31)18(5,30)16(35-20(15,19)21)25-9-8-12(26)22-17(25)29/h8-11,15-16,30-31H,6-7H2,1-5H3,(H,22,26,29)(H2,23,24,32)/t10-,11-,15?,16+,18-,19-,20+/m0/s1. The number of aromatic nitrogens is 2. The molecule has 3 rings (SSSR count). The summed E-state index contributed by atoms with van der Waals surface area (Å²) in [5.74, 6) is -4.87. The fraction of sp³-hybridized carbons (Fsp3) is 0.700. The number of carbonyl (C=O) groups is 2. The van der Waals surface area contributed by atoms with Crippen molar-refractivity contribution in [3.63, 3.8) is 0 Å². The number of nitrogens with one attached hydrogen (secondary N) is 3. The quantitative estimate of drug-likeness (QED) is 0.162. The van der Waals surface area contributed by atoms with Gasteiger partial charge in [0.2, 0.25) is 0 Å². The highest BCUT2D eigenvalue weighted by Gasteiger charge is 2.95. The van der Waals surface area contributed by atoms with Gasteiger partial charge in [0.15, 0.2) is 17.9 Å². The number of H-pyrrole nitrogens is 1. The molecule has 17 heteroatoms. The lowest BCUT2D eigenvalue weighted by Gasteiger charge is -2.33. The maximum absolute atomic E-state index is 15.8. The van der Waals surface area contributed by atoms with Crippen LogP contribution in [0.2, 0.25) is 0 Å². The molecule has 2 aliphatic rings. The molecule has 208 valence electrons. The lowest BCUT2D eigenvalue weighted by molar-refractivity contribution is -0.180. The summed E-state index contributed by atoms with van der Waals surface area (Å²) in [6, 6.07) is -1.65. The summed E-state index contributed by atoms with van der Waals surface area (Å²) in [5.41, 5.74) is -7.23. The predicted molar refractivity (Wildman–Crippen MR) is 122 cm³/mol. The third-order valence-electron chi connectivity index (χ3n) is 6.05. The van der Waals surface area contributed by atoms with Gasteiger partial charge in [0, 0.05) is 12.3 Å². The lowest BCUT2D eigenvalue weighted by Crippen LogP contribution is -2.51. The Morgan fingerprint density at radius 3 is 2.11 bits per heavy atom. The topological polar surface area (TPSA) is 208 Å². The van der Waals surface area contributed by atoms with Crippen molar-refractivity contribution in [1.82, 2.24) is 19.7 Å². The number of carbonyl (C=O) groups excluding carboxylic acids is 2. The fourth-order valence-electron chi connectivity index (χ4n) is 4.08. The molecule has 5 N–H and O–H groups in total. The highest BCUT2D eigenvalue weighted by atomic mass is 31.2. The number of aliphatic hydroxyl groups is 2. The van der Waals surface area contributed by atoms with E-state index in [1.165, 1.54) is 13.8 Å². The van der Waals surface area contributed by atoms with Crippen molar-refractivity contribution in [2.75, 3.05) is 13.2 Å². The van der Waals surface area contributed by atoms with E-state index in [1.807, 2.05) is 4.98 Å². The third-order valence-corrected chi connectivity index (χ3v) is 8.02. The van der Waals surface area contributed by atoms with E-state index in [0.29, 0.717) is 4.57 Å². The largest absolute Gasteiger partial charge is 0.465 e. The Hall–Kier alpha value is -2.46. The molecule has 0 spiro atoms. The van der Waals surface area contributed by atoms with E-state index >= 15 is 4.39 Å². The maximum Gasteiger partial charge on any atom is 0.342 e. The second-order valence-corrected chi connectivity index (χ2v) is 10.6. The van der Waals surface area contributed by atoms with Crippen LogP contribution in [0.15, 0.2) is 21.9 Å². The highest BCUT2D eigenvalue weighted by Crippen LogP contribution is 2.71. The number of hydrogen-bond acceptors (Lipinski definition) is 11. The zero-order chi connectivity index (χ0) is 28.0. The zero-order valence-electron chi connectivity index (χ0n) is 20.7. The Labute approximate surface area is 209 Å². The van der Waals surface area contributed by atoms with Crippen LogP contribution in [0.5, 0.6) is 0 Å². The molecular weight excluding hydrogens is 522 g/mol. The Bertz CT molecular complexity index is 1190. The molecule has 1 aliphatic heterocycles. The molecular formula is C20H30FN4O11P. The summed E-state index contributed by atoms with van der Waals surface area (Å²) in [5, 5.41) is 26.8. The van der Waals surface area contributed by atoms with Crippen LogP contribution in [0, 0.1) is 0 Å². The summed E-state index contributed by atoms with van der Waals surface area (Å²) in [6.07, 6.45) is -2.99. The summed E-state index contributed by atoms with van der Waals surface area (Å²) in [4.78, 5) is 49.6. The number of fused-ring (bicyclic) bond motifs is 1. The molecule has 15 nitrogen and oxygen atoms in total. The maximum atomic E-state index is 15.8. The number of aromatic amines is 1. The minimum atomic E-state index is -4.59. The normalized spacial score (nSPS) is 32.3. The van der Waals surface area contributed by atoms with Gasteiger partial charge in [0.05, 0.1) is 13.2 Å². The second-order valence-electron chi connectivity index (χ2n) is 8.79. The average molecular weight is 552 g/mol. The van der Waals surface area contributed by atoms with Crippen LogP contribution in [0.4, 0.5) is 4.39 Å². The molecule has 0 radical (unpaired) electrons. The van der Waals surface area contributed by atoms with Crippen LogP contribution in [-0.4, -0.2) is 80.2 Å². The number of rotatable bonds is 11. The minimum Gasteiger partial charge on any atom is -0.465 e. The number of nitrogens with zero attached hydrogens (tertiary/aromatic N) is 1. The van der Waals surface area contributed by atoms with Crippen LogP contribution in [0.25, 0.3) is 0 Å². The first kappa shape index (κ1) is 29.1. The van der Waals surface area contributed by atoms with Gasteiger partial charge in [-0.25, -0.2) is 19.4 Å². The van der Waals surface area contributed by atoms with Crippen molar-refractivity contribution >= 4 is 19.6 Å². The number of esters is 2. The molecule has 1 aliphatic carbocycles. The first-order chi connectivity index (χ1) is 17.1. The first-order valence-corrected chi connectivity index (χ1v) is 13.0. The van der Waals surface area contributed by atoms with Gasteiger partial charge in [-0.2, -0.15) is 0 Å². The second kappa shape index (κ2) is 10.0. The van der Waals surface area contributed by atoms with E-state index in [4.69, 9.17) is 18.7 Å². The van der Waals surface area contributed by atoms with Crippen molar-refractivity contribution < 1.29 is 47.5 Å². The minimum absolute atomic E-state index is 0.000846. The van der Waals surface area contributed by atoms with E-state index in [0.717, 1.165) is 19.2 Å². The number of hydrogen-bond donors (Lipinski definition) is 5. The number of halogens is 1. The molecule has 1 saturated carbocycles. The number of ether oxygens (including phenoxy) is 3. The summed E-state index contributed by atoms with van der Waals surface area (Å²) >= 11 is 0. The average Bonchev–Trinajstić information content (AvgIpc) is 3.19. The molecule has 1 saturated heterocycles. The molecule has 0 amide bonds. The fourth-order valence-corrected chi connectivity index (χ4v) is 6.09. The summed E-state index contributed by atoms with van der Waals surface area (Å²) in [7, 11) is -4.59. The molecule has 2 heterocycles. The van der Waals surface area contributed by atoms with Crippen LogP contribution < -0.4 is 21.4 Å². The molecule has 1 aromatic rings. The monoisotopic (exact) mass is 552 g/mol. The SMILES string of the molecule is CCOC(=O)[C@H](C)NP(=O)(N[C@@H](C)C(=O)OCC)OC1[C@]2(O)[C@@](C)(O)[C@H](n3ccc(=O)[nH]c3=O)O[C@]12F. The molecule has 0 aromatic carbocycles. The van der Waals surface area contributed by atoms with Crippen molar-refractivity contribution in [1.29, 1.82) is 0 Å². The van der Waals surface area contributed by atoms with Crippen molar-refractivity contribution in [3.05, 3.63) is 33.1 Å².